The lowest BCUT2D eigenvalue weighted by Gasteiger charge is -2.12. The fourth-order valence-corrected chi connectivity index (χ4v) is 3.04. The summed E-state index contributed by atoms with van der Waals surface area (Å²) in [5.41, 5.74) is 3.27. The summed E-state index contributed by atoms with van der Waals surface area (Å²) in [6, 6.07) is 16.4. The Hall–Kier alpha value is -3.61. The molecule has 0 unspecified atom stereocenters. The van der Waals surface area contributed by atoms with Crippen molar-refractivity contribution in [3.63, 3.8) is 0 Å². The summed E-state index contributed by atoms with van der Waals surface area (Å²) >= 11 is 0. The first kappa shape index (κ1) is 21.1. The van der Waals surface area contributed by atoms with Crippen molar-refractivity contribution >= 4 is 5.91 Å². The lowest BCUT2D eigenvalue weighted by Crippen LogP contribution is -2.34. The molecular formula is C23H25N3O4. The molecule has 0 saturated heterocycles. The zero-order valence-electron chi connectivity index (χ0n) is 17.3. The molecule has 1 amide bonds. The number of amides is 1. The highest BCUT2D eigenvalue weighted by Crippen LogP contribution is 2.22. The molecule has 1 N–H and O–H groups in total. The maximum Gasteiger partial charge on any atom is 0.266 e. The van der Waals surface area contributed by atoms with Gasteiger partial charge in [-0.15, -0.1) is 0 Å². The number of aryl methyl sites for hydroxylation is 2. The summed E-state index contributed by atoms with van der Waals surface area (Å²) in [6.45, 7) is 4.33. The fourth-order valence-electron chi connectivity index (χ4n) is 3.04. The molecule has 0 saturated carbocycles. The van der Waals surface area contributed by atoms with Gasteiger partial charge in [-0.1, -0.05) is 18.2 Å². The molecule has 30 heavy (non-hydrogen) atoms. The summed E-state index contributed by atoms with van der Waals surface area (Å²) in [5.74, 6) is 1.22. The highest BCUT2D eigenvalue weighted by molar-refractivity contribution is 5.77. The van der Waals surface area contributed by atoms with Gasteiger partial charge >= 0.3 is 0 Å². The Bertz CT molecular complexity index is 1050. The van der Waals surface area contributed by atoms with Crippen molar-refractivity contribution in [3.8, 4) is 22.8 Å². The molecule has 0 aliphatic rings. The normalized spacial score (nSPS) is 10.5. The quantitative estimate of drug-likeness (QED) is 0.621. The average molecular weight is 407 g/mol. The van der Waals surface area contributed by atoms with E-state index in [0.29, 0.717) is 5.69 Å². The van der Waals surface area contributed by atoms with Crippen LogP contribution in [0.15, 0.2) is 59.4 Å². The van der Waals surface area contributed by atoms with Crippen LogP contribution < -0.4 is 20.3 Å². The van der Waals surface area contributed by atoms with E-state index in [9.17, 15) is 9.59 Å². The smallest absolute Gasteiger partial charge is 0.266 e. The van der Waals surface area contributed by atoms with Crippen LogP contribution in [0, 0.1) is 13.8 Å². The Balaban J connectivity index is 1.56. The Morgan fingerprint density at radius 2 is 1.73 bits per heavy atom. The number of methoxy groups -OCH3 is 1. The molecule has 1 aromatic heterocycles. The first-order valence-electron chi connectivity index (χ1n) is 9.66. The van der Waals surface area contributed by atoms with Crippen LogP contribution in [0.5, 0.6) is 11.5 Å². The van der Waals surface area contributed by atoms with Crippen LogP contribution in [0.25, 0.3) is 11.3 Å². The molecule has 156 valence electrons. The molecule has 7 nitrogen and oxygen atoms in total. The summed E-state index contributed by atoms with van der Waals surface area (Å²) in [6.07, 6.45) is 0. The van der Waals surface area contributed by atoms with Gasteiger partial charge in [-0.3, -0.25) is 9.59 Å². The standard InChI is InChI=1S/C23H25N3O4/c1-16-5-4-6-17(2)23(16)30-15-21(27)24-13-14-26-22(28)12-11-20(25-26)18-7-9-19(29-3)10-8-18/h4-12H,13-15H2,1-3H3,(H,24,27). The minimum atomic E-state index is -0.253. The number of hydrogen-bond donors (Lipinski definition) is 1. The number of nitrogens with zero attached hydrogens (tertiary/aromatic N) is 2. The van der Waals surface area contributed by atoms with E-state index < -0.39 is 0 Å². The Morgan fingerprint density at radius 3 is 2.40 bits per heavy atom. The number of carbonyl (C=O) groups excluding carboxylic acids is 1. The van der Waals surface area contributed by atoms with E-state index in [0.717, 1.165) is 28.2 Å². The largest absolute Gasteiger partial charge is 0.497 e. The van der Waals surface area contributed by atoms with E-state index in [1.54, 1.807) is 13.2 Å². The lowest BCUT2D eigenvalue weighted by atomic mass is 10.1. The number of nitrogens with one attached hydrogen (secondary N) is 1. The van der Waals surface area contributed by atoms with Gasteiger partial charge in [-0.25, -0.2) is 4.68 Å². The third kappa shape index (κ3) is 5.26. The summed E-state index contributed by atoms with van der Waals surface area (Å²) in [5, 5.41) is 7.15. The van der Waals surface area contributed by atoms with Gasteiger partial charge in [0.2, 0.25) is 0 Å². The van der Waals surface area contributed by atoms with Crippen LogP contribution in [0.1, 0.15) is 11.1 Å². The number of para-hydroxylation sites is 1. The van der Waals surface area contributed by atoms with Crippen molar-refractivity contribution in [3.05, 3.63) is 76.1 Å². The number of ether oxygens (including phenoxy) is 2. The van der Waals surface area contributed by atoms with E-state index in [2.05, 4.69) is 10.4 Å². The van der Waals surface area contributed by atoms with E-state index in [4.69, 9.17) is 9.47 Å². The highest BCUT2D eigenvalue weighted by atomic mass is 16.5. The number of aromatic nitrogens is 2. The topological polar surface area (TPSA) is 82.5 Å². The van der Waals surface area contributed by atoms with Crippen molar-refractivity contribution in [2.24, 2.45) is 0 Å². The molecular weight excluding hydrogens is 382 g/mol. The van der Waals surface area contributed by atoms with Crippen molar-refractivity contribution in [2.45, 2.75) is 20.4 Å². The van der Waals surface area contributed by atoms with Gasteiger partial charge in [-0.2, -0.15) is 5.10 Å². The maximum absolute atomic E-state index is 12.1. The number of carbonyl (C=O) groups is 1. The van der Waals surface area contributed by atoms with Crippen LogP contribution in [0.4, 0.5) is 0 Å². The molecule has 7 heteroatoms. The zero-order chi connectivity index (χ0) is 21.5. The predicted molar refractivity (Wildman–Crippen MR) is 115 cm³/mol. The van der Waals surface area contributed by atoms with Crippen LogP contribution in [0.3, 0.4) is 0 Å². The minimum absolute atomic E-state index is 0.0834. The summed E-state index contributed by atoms with van der Waals surface area (Å²) < 4.78 is 12.1. The highest BCUT2D eigenvalue weighted by Gasteiger charge is 2.08. The van der Waals surface area contributed by atoms with Gasteiger partial charge in [0.25, 0.3) is 11.5 Å². The van der Waals surface area contributed by atoms with Gasteiger partial charge in [0.1, 0.15) is 11.5 Å². The second-order valence-corrected chi connectivity index (χ2v) is 6.87. The molecule has 0 aliphatic heterocycles. The second-order valence-electron chi connectivity index (χ2n) is 6.87. The predicted octanol–water partition coefficient (Wildman–Crippen LogP) is 2.73. The number of benzene rings is 2. The maximum atomic E-state index is 12.1. The average Bonchev–Trinajstić information content (AvgIpc) is 2.75. The van der Waals surface area contributed by atoms with Gasteiger partial charge in [0.05, 0.1) is 19.3 Å². The first-order chi connectivity index (χ1) is 14.5. The Morgan fingerprint density at radius 1 is 1.03 bits per heavy atom. The van der Waals surface area contributed by atoms with E-state index in [-0.39, 0.29) is 31.2 Å². The third-order valence-electron chi connectivity index (χ3n) is 4.65. The monoisotopic (exact) mass is 407 g/mol. The molecule has 1 heterocycles. The molecule has 0 bridgehead atoms. The van der Waals surface area contributed by atoms with E-state index in [1.165, 1.54) is 10.7 Å². The van der Waals surface area contributed by atoms with Crippen molar-refractivity contribution in [2.75, 3.05) is 20.3 Å². The van der Waals surface area contributed by atoms with Crippen LogP contribution in [0.2, 0.25) is 0 Å². The van der Waals surface area contributed by atoms with E-state index >= 15 is 0 Å². The first-order valence-corrected chi connectivity index (χ1v) is 9.66. The van der Waals surface area contributed by atoms with Gasteiger partial charge in [-0.05, 0) is 55.3 Å². The lowest BCUT2D eigenvalue weighted by molar-refractivity contribution is -0.123. The molecule has 3 aromatic rings. The SMILES string of the molecule is COc1ccc(-c2ccc(=O)n(CCNC(=O)COc3c(C)cccc3C)n2)cc1. The Kier molecular flexibility index (Phi) is 6.85. The number of rotatable bonds is 8. The molecule has 0 spiro atoms. The molecule has 0 fully saturated rings. The Labute approximate surface area is 175 Å². The summed E-state index contributed by atoms with van der Waals surface area (Å²) in [7, 11) is 1.61. The van der Waals surface area contributed by atoms with Crippen molar-refractivity contribution < 1.29 is 14.3 Å². The molecule has 3 rings (SSSR count). The fraction of sp³-hybridized carbons (Fsp3) is 0.261. The molecule has 0 aliphatic carbocycles. The van der Waals surface area contributed by atoms with Crippen molar-refractivity contribution in [1.29, 1.82) is 0 Å². The van der Waals surface area contributed by atoms with Gasteiger partial charge in [0.15, 0.2) is 6.61 Å². The van der Waals surface area contributed by atoms with Crippen LogP contribution in [-0.4, -0.2) is 35.9 Å². The van der Waals surface area contributed by atoms with Crippen molar-refractivity contribution in [1.82, 2.24) is 15.1 Å². The summed E-state index contributed by atoms with van der Waals surface area (Å²) in [4.78, 5) is 24.2. The molecule has 2 aromatic carbocycles. The molecule has 0 atom stereocenters. The second kappa shape index (κ2) is 9.73. The van der Waals surface area contributed by atoms with E-state index in [1.807, 2.05) is 56.3 Å². The van der Waals surface area contributed by atoms with Crippen LogP contribution >= 0.6 is 0 Å². The minimum Gasteiger partial charge on any atom is -0.497 e. The molecule has 0 radical (unpaired) electrons. The number of hydrogen-bond acceptors (Lipinski definition) is 5. The van der Waals surface area contributed by atoms with Crippen LogP contribution in [-0.2, 0) is 11.3 Å². The van der Waals surface area contributed by atoms with Gasteiger partial charge < -0.3 is 14.8 Å². The third-order valence-corrected chi connectivity index (χ3v) is 4.65. The zero-order valence-corrected chi connectivity index (χ0v) is 17.3. The van der Waals surface area contributed by atoms with Gasteiger partial charge in [0, 0.05) is 18.2 Å².